The number of aryl methyl sites for hydroxylation is 1. The number of rotatable bonds is 2. The summed E-state index contributed by atoms with van der Waals surface area (Å²) in [6.45, 7) is 3.95. The van der Waals surface area contributed by atoms with Gasteiger partial charge in [0.05, 0.1) is 5.54 Å². The lowest BCUT2D eigenvalue weighted by atomic mass is 9.82. The average Bonchev–Trinajstić information content (AvgIpc) is 2.28. The van der Waals surface area contributed by atoms with Crippen LogP contribution in [0.15, 0.2) is 23.2 Å². The lowest BCUT2D eigenvalue weighted by Crippen LogP contribution is -2.19. The highest BCUT2D eigenvalue weighted by atomic mass is 16.1. The number of carbonyl (C=O) groups excluding carboxylic acids is 1. The van der Waals surface area contributed by atoms with Crippen LogP contribution in [0.3, 0.4) is 0 Å². The predicted molar refractivity (Wildman–Crippen MR) is 64.2 cm³/mol. The number of hydrogen-bond acceptors (Lipinski definition) is 2. The Morgan fingerprint density at radius 2 is 2.00 bits per heavy atom. The second-order valence-corrected chi connectivity index (χ2v) is 4.91. The van der Waals surface area contributed by atoms with Gasteiger partial charge in [0.1, 0.15) is 0 Å². The molecule has 0 amide bonds. The van der Waals surface area contributed by atoms with Crippen molar-refractivity contribution in [3.63, 3.8) is 0 Å². The first-order valence-corrected chi connectivity index (χ1v) is 5.85. The first-order valence-electron chi connectivity index (χ1n) is 5.85. The third-order valence-corrected chi connectivity index (χ3v) is 3.38. The molecule has 0 saturated carbocycles. The molecule has 1 aliphatic rings. The molecule has 1 aliphatic carbocycles. The lowest BCUT2D eigenvalue weighted by Gasteiger charge is -2.26. The molecule has 16 heavy (non-hydrogen) atoms. The second-order valence-electron chi connectivity index (χ2n) is 4.91. The van der Waals surface area contributed by atoms with Crippen molar-refractivity contribution in [3.05, 3.63) is 34.9 Å². The molecular formula is C14H17NO. The summed E-state index contributed by atoms with van der Waals surface area (Å²) in [4.78, 5) is 14.4. The maximum Gasteiger partial charge on any atom is 0.235 e. The van der Waals surface area contributed by atoms with Crippen LogP contribution in [0.2, 0.25) is 0 Å². The number of aliphatic imine (C=N–C) groups is 1. The van der Waals surface area contributed by atoms with Crippen molar-refractivity contribution in [2.24, 2.45) is 4.99 Å². The zero-order chi connectivity index (χ0) is 11.6. The number of fused-ring (bicyclic) bond motifs is 1. The van der Waals surface area contributed by atoms with Gasteiger partial charge in [-0.25, -0.2) is 4.79 Å². The molecule has 0 bridgehead atoms. The highest BCUT2D eigenvalue weighted by molar-refractivity contribution is 5.44. The van der Waals surface area contributed by atoms with E-state index in [1.165, 1.54) is 29.5 Å². The molecule has 2 nitrogen and oxygen atoms in total. The highest BCUT2D eigenvalue weighted by Gasteiger charge is 2.25. The van der Waals surface area contributed by atoms with Crippen LogP contribution >= 0.6 is 0 Å². The van der Waals surface area contributed by atoms with Crippen molar-refractivity contribution in [1.82, 2.24) is 0 Å². The summed E-state index contributed by atoms with van der Waals surface area (Å²) in [5.41, 5.74) is 3.58. The molecule has 1 aromatic rings. The van der Waals surface area contributed by atoms with Crippen LogP contribution in [0.5, 0.6) is 0 Å². The minimum atomic E-state index is -0.440. The van der Waals surface area contributed by atoms with E-state index in [1.54, 1.807) is 6.08 Å². The molecule has 0 aromatic heterocycles. The smallest absolute Gasteiger partial charge is 0.211 e. The van der Waals surface area contributed by atoms with Crippen molar-refractivity contribution in [1.29, 1.82) is 0 Å². The van der Waals surface area contributed by atoms with E-state index >= 15 is 0 Å². The van der Waals surface area contributed by atoms with E-state index < -0.39 is 5.54 Å². The third kappa shape index (κ3) is 1.94. The van der Waals surface area contributed by atoms with Crippen molar-refractivity contribution in [2.75, 3.05) is 0 Å². The molecule has 1 aromatic carbocycles. The lowest BCUT2D eigenvalue weighted by molar-refractivity contribution is 0.515. The molecule has 0 heterocycles. The Morgan fingerprint density at radius 1 is 1.25 bits per heavy atom. The van der Waals surface area contributed by atoms with E-state index in [9.17, 15) is 4.79 Å². The van der Waals surface area contributed by atoms with Crippen LogP contribution in [0, 0.1) is 0 Å². The van der Waals surface area contributed by atoms with E-state index in [0.717, 1.165) is 12.8 Å². The minimum absolute atomic E-state index is 0.440. The summed E-state index contributed by atoms with van der Waals surface area (Å²) in [7, 11) is 0. The van der Waals surface area contributed by atoms with Gasteiger partial charge in [0.25, 0.3) is 0 Å². The summed E-state index contributed by atoms with van der Waals surface area (Å²) in [5.74, 6) is 0. The van der Waals surface area contributed by atoms with Gasteiger partial charge in [-0.2, -0.15) is 4.99 Å². The number of hydrogen-bond donors (Lipinski definition) is 0. The molecule has 0 atom stereocenters. The molecule has 2 heteroatoms. The van der Waals surface area contributed by atoms with Gasteiger partial charge in [-0.3, -0.25) is 0 Å². The van der Waals surface area contributed by atoms with Crippen molar-refractivity contribution >= 4 is 6.08 Å². The van der Waals surface area contributed by atoms with Gasteiger partial charge in [-0.05, 0) is 56.2 Å². The van der Waals surface area contributed by atoms with E-state index in [0.29, 0.717) is 0 Å². The molecule has 0 N–H and O–H groups in total. The Kier molecular flexibility index (Phi) is 2.93. The number of benzene rings is 1. The summed E-state index contributed by atoms with van der Waals surface area (Å²) in [5, 5.41) is 0. The van der Waals surface area contributed by atoms with Crippen LogP contribution in [-0.4, -0.2) is 6.08 Å². The fraction of sp³-hybridized carbons (Fsp3) is 0.500. The predicted octanol–water partition coefficient (Wildman–Crippen LogP) is 3.14. The molecule has 0 radical (unpaired) electrons. The van der Waals surface area contributed by atoms with Crippen molar-refractivity contribution in [3.8, 4) is 0 Å². The quantitative estimate of drug-likeness (QED) is 0.550. The van der Waals surface area contributed by atoms with Gasteiger partial charge in [-0.15, -0.1) is 0 Å². The van der Waals surface area contributed by atoms with Gasteiger partial charge in [0, 0.05) is 0 Å². The number of isocyanates is 1. The SMILES string of the molecule is CC(C)(N=C=O)c1cccc2c1CCCC2. The van der Waals surface area contributed by atoms with Gasteiger partial charge in [0.2, 0.25) is 6.08 Å². The molecule has 0 spiro atoms. The molecule has 2 rings (SSSR count). The van der Waals surface area contributed by atoms with E-state index in [-0.39, 0.29) is 0 Å². The minimum Gasteiger partial charge on any atom is -0.211 e. The monoisotopic (exact) mass is 215 g/mol. The zero-order valence-corrected chi connectivity index (χ0v) is 9.92. The summed E-state index contributed by atoms with van der Waals surface area (Å²) in [6, 6.07) is 6.35. The Morgan fingerprint density at radius 3 is 2.75 bits per heavy atom. The van der Waals surface area contributed by atoms with Gasteiger partial charge >= 0.3 is 0 Å². The molecular weight excluding hydrogens is 198 g/mol. The van der Waals surface area contributed by atoms with E-state index in [2.05, 4.69) is 23.2 Å². The maximum absolute atomic E-state index is 10.5. The van der Waals surface area contributed by atoms with Gasteiger partial charge in [0.15, 0.2) is 0 Å². The third-order valence-electron chi connectivity index (χ3n) is 3.38. The van der Waals surface area contributed by atoms with Gasteiger partial charge in [-0.1, -0.05) is 18.2 Å². The van der Waals surface area contributed by atoms with Crippen molar-refractivity contribution in [2.45, 2.75) is 45.1 Å². The molecule has 0 aliphatic heterocycles. The first kappa shape index (κ1) is 11.1. The Hall–Kier alpha value is -1.40. The summed E-state index contributed by atoms with van der Waals surface area (Å²) >= 11 is 0. The Bertz CT molecular complexity index is 442. The average molecular weight is 215 g/mol. The fourth-order valence-corrected chi connectivity index (χ4v) is 2.53. The topological polar surface area (TPSA) is 29.4 Å². The molecule has 0 unspecified atom stereocenters. The van der Waals surface area contributed by atoms with Crippen LogP contribution in [0.4, 0.5) is 0 Å². The van der Waals surface area contributed by atoms with E-state index in [4.69, 9.17) is 0 Å². The maximum atomic E-state index is 10.5. The molecule has 0 saturated heterocycles. The largest absolute Gasteiger partial charge is 0.235 e. The summed E-state index contributed by atoms with van der Waals surface area (Å²) < 4.78 is 0. The standard InChI is InChI=1S/C14H17NO/c1-14(2,15-10-16)13-9-5-7-11-6-3-4-8-12(11)13/h5,7,9H,3-4,6,8H2,1-2H3. The second kappa shape index (κ2) is 4.23. The highest BCUT2D eigenvalue weighted by Crippen LogP contribution is 2.33. The number of nitrogens with zero attached hydrogens (tertiary/aromatic N) is 1. The Labute approximate surface area is 96.4 Å². The zero-order valence-electron chi connectivity index (χ0n) is 9.92. The van der Waals surface area contributed by atoms with Crippen LogP contribution < -0.4 is 0 Å². The summed E-state index contributed by atoms with van der Waals surface area (Å²) in [6.07, 6.45) is 6.47. The fourth-order valence-electron chi connectivity index (χ4n) is 2.53. The van der Waals surface area contributed by atoms with Crippen molar-refractivity contribution < 1.29 is 4.79 Å². The van der Waals surface area contributed by atoms with Gasteiger partial charge < -0.3 is 0 Å². The van der Waals surface area contributed by atoms with Crippen LogP contribution in [0.25, 0.3) is 0 Å². The normalized spacial score (nSPS) is 15.1. The first-order chi connectivity index (χ1) is 7.65. The Balaban J connectivity index is 2.52. The van der Waals surface area contributed by atoms with E-state index in [1.807, 2.05) is 13.8 Å². The van der Waals surface area contributed by atoms with Crippen LogP contribution in [-0.2, 0) is 23.2 Å². The molecule has 0 fully saturated rings. The molecule has 84 valence electrons. The van der Waals surface area contributed by atoms with Crippen LogP contribution in [0.1, 0.15) is 43.4 Å².